The SMILES string of the molecule is COc1cncc(-c2cc(O)cc(F)c2)c1. The first-order valence-electron chi connectivity index (χ1n) is 4.68. The lowest BCUT2D eigenvalue weighted by Gasteiger charge is -2.04. The maximum Gasteiger partial charge on any atom is 0.137 e. The van der Waals surface area contributed by atoms with Crippen LogP contribution in [0, 0.1) is 5.82 Å². The van der Waals surface area contributed by atoms with Gasteiger partial charge in [-0.25, -0.2) is 4.39 Å². The van der Waals surface area contributed by atoms with Gasteiger partial charge in [0.05, 0.1) is 13.3 Å². The number of nitrogens with zero attached hydrogens (tertiary/aromatic N) is 1. The zero-order valence-electron chi connectivity index (χ0n) is 8.64. The lowest BCUT2D eigenvalue weighted by Crippen LogP contribution is -1.87. The van der Waals surface area contributed by atoms with Crippen LogP contribution in [0.15, 0.2) is 36.7 Å². The molecule has 3 nitrogen and oxygen atoms in total. The minimum Gasteiger partial charge on any atom is -0.508 e. The van der Waals surface area contributed by atoms with Crippen molar-refractivity contribution in [1.29, 1.82) is 0 Å². The van der Waals surface area contributed by atoms with Gasteiger partial charge in [-0.05, 0) is 23.8 Å². The number of phenolic OH excluding ortho intramolecular Hbond substituents is 1. The summed E-state index contributed by atoms with van der Waals surface area (Å²) >= 11 is 0. The molecule has 0 aliphatic heterocycles. The normalized spacial score (nSPS) is 10.1. The summed E-state index contributed by atoms with van der Waals surface area (Å²) in [5, 5.41) is 9.29. The first kappa shape index (κ1) is 10.4. The van der Waals surface area contributed by atoms with Gasteiger partial charge in [0.25, 0.3) is 0 Å². The van der Waals surface area contributed by atoms with Crippen LogP contribution >= 0.6 is 0 Å². The summed E-state index contributed by atoms with van der Waals surface area (Å²) in [5.41, 5.74) is 1.25. The molecular formula is C12H10FNO2. The summed E-state index contributed by atoms with van der Waals surface area (Å²) in [6, 6.07) is 5.58. The highest BCUT2D eigenvalue weighted by molar-refractivity contribution is 5.65. The monoisotopic (exact) mass is 219 g/mol. The maximum atomic E-state index is 13.1. The fraction of sp³-hybridized carbons (Fsp3) is 0.0833. The van der Waals surface area contributed by atoms with Gasteiger partial charge >= 0.3 is 0 Å². The number of phenols is 1. The number of hydrogen-bond donors (Lipinski definition) is 1. The van der Waals surface area contributed by atoms with Gasteiger partial charge in [0.2, 0.25) is 0 Å². The molecule has 0 fully saturated rings. The molecule has 1 N–H and O–H groups in total. The van der Waals surface area contributed by atoms with Crippen molar-refractivity contribution in [1.82, 2.24) is 4.98 Å². The molecular weight excluding hydrogens is 209 g/mol. The van der Waals surface area contributed by atoms with E-state index in [4.69, 9.17) is 4.74 Å². The highest BCUT2D eigenvalue weighted by Crippen LogP contribution is 2.26. The number of methoxy groups -OCH3 is 1. The first-order chi connectivity index (χ1) is 7.69. The zero-order valence-corrected chi connectivity index (χ0v) is 8.64. The Bertz CT molecular complexity index is 494. The van der Waals surface area contributed by atoms with E-state index in [9.17, 15) is 9.50 Å². The Labute approximate surface area is 92.1 Å². The molecule has 0 aliphatic carbocycles. The fourth-order valence-corrected chi connectivity index (χ4v) is 1.43. The molecule has 0 saturated carbocycles. The Hall–Kier alpha value is -2.10. The van der Waals surface area contributed by atoms with E-state index in [0.717, 1.165) is 6.07 Å². The van der Waals surface area contributed by atoms with Crippen molar-refractivity contribution < 1.29 is 14.2 Å². The lowest BCUT2D eigenvalue weighted by molar-refractivity contribution is 0.413. The number of rotatable bonds is 2. The van der Waals surface area contributed by atoms with E-state index in [1.54, 1.807) is 18.5 Å². The number of benzene rings is 1. The van der Waals surface area contributed by atoms with Crippen molar-refractivity contribution in [3.63, 3.8) is 0 Å². The van der Waals surface area contributed by atoms with Gasteiger partial charge in [-0.1, -0.05) is 0 Å². The van der Waals surface area contributed by atoms with Gasteiger partial charge in [-0.2, -0.15) is 0 Å². The zero-order chi connectivity index (χ0) is 11.5. The number of hydrogen-bond acceptors (Lipinski definition) is 3. The molecule has 1 aromatic heterocycles. The van der Waals surface area contributed by atoms with Crippen LogP contribution in [0.4, 0.5) is 4.39 Å². The largest absolute Gasteiger partial charge is 0.508 e. The summed E-state index contributed by atoms with van der Waals surface area (Å²) in [6.07, 6.45) is 3.14. The highest BCUT2D eigenvalue weighted by Gasteiger charge is 2.04. The van der Waals surface area contributed by atoms with Crippen LogP contribution in [0.5, 0.6) is 11.5 Å². The molecule has 0 aliphatic rings. The number of aromatic nitrogens is 1. The van der Waals surface area contributed by atoms with E-state index >= 15 is 0 Å². The molecule has 0 unspecified atom stereocenters. The predicted octanol–water partition coefficient (Wildman–Crippen LogP) is 2.60. The third-order valence-corrected chi connectivity index (χ3v) is 2.16. The second kappa shape index (κ2) is 4.18. The van der Waals surface area contributed by atoms with Crippen LogP contribution in [0.25, 0.3) is 11.1 Å². The van der Waals surface area contributed by atoms with Gasteiger partial charge in [-0.3, -0.25) is 4.98 Å². The molecule has 2 rings (SSSR count). The van der Waals surface area contributed by atoms with Gasteiger partial charge in [0.15, 0.2) is 0 Å². The van der Waals surface area contributed by atoms with E-state index in [1.165, 1.54) is 19.2 Å². The van der Waals surface area contributed by atoms with E-state index in [0.29, 0.717) is 16.9 Å². The Balaban J connectivity index is 2.49. The Morgan fingerprint density at radius 3 is 2.62 bits per heavy atom. The number of pyridine rings is 1. The molecule has 0 radical (unpaired) electrons. The van der Waals surface area contributed by atoms with E-state index in [1.807, 2.05) is 0 Å². The van der Waals surface area contributed by atoms with Crippen molar-refractivity contribution in [2.45, 2.75) is 0 Å². The van der Waals surface area contributed by atoms with Crippen molar-refractivity contribution in [3.8, 4) is 22.6 Å². The van der Waals surface area contributed by atoms with Crippen LogP contribution in [0.1, 0.15) is 0 Å². The number of aromatic hydroxyl groups is 1. The van der Waals surface area contributed by atoms with Gasteiger partial charge < -0.3 is 9.84 Å². The molecule has 0 bridgehead atoms. The molecule has 0 atom stereocenters. The Kier molecular flexibility index (Phi) is 2.72. The molecule has 0 saturated heterocycles. The quantitative estimate of drug-likeness (QED) is 0.844. The van der Waals surface area contributed by atoms with E-state index in [2.05, 4.69) is 4.98 Å². The average molecular weight is 219 g/mol. The second-order valence-electron chi connectivity index (χ2n) is 3.31. The van der Waals surface area contributed by atoms with Gasteiger partial charge in [0.1, 0.15) is 17.3 Å². The topological polar surface area (TPSA) is 42.4 Å². The first-order valence-corrected chi connectivity index (χ1v) is 4.68. The van der Waals surface area contributed by atoms with E-state index in [-0.39, 0.29) is 5.75 Å². The van der Waals surface area contributed by atoms with E-state index < -0.39 is 5.82 Å². The van der Waals surface area contributed by atoms with Crippen LogP contribution < -0.4 is 4.74 Å². The third-order valence-electron chi connectivity index (χ3n) is 2.16. The minimum atomic E-state index is -0.488. The van der Waals surface area contributed by atoms with Gasteiger partial charge in [-0.15, -0.1) is 0 Å². The molecule has 0 spiro atoms. The molecule has 2 aromatic rings. The summed E-state index contributed by atoms with van der Waals surface area (Å²) in [4.78, 5) is 3.96. The molecule has 4 heteroatoms. The summed E-state index contributed by atoms with van der Waals surface area (Å²) < 4.78 is 18.1. The lowest BCUT2D eigenvalue weighted by atomic mass is 10.1. The third kappa shape index (κ3) is 2.11. The molecule has 1 heterocycles. The van der Waals surface area contributed by atoms with Gasteiger partial charge in [0, 0.05) is 17.8 Å². The smallest absolute Gasteiger partial charge is 0.137 e. The minimum absolute atomic E-state index is 0.113. The Morgan fingerprint density at radius 1 is 1.12 bits per heavy atom. The molecule has 82 valence electrons. The van der Waals surface area contributed by atoms with Crippen LogP contribution in [0.2, 0.25) is 0 Å². The summed E-state index contributed by atoms with van der Waals surface area (Å²) in [6.45, 7) is 0. The number of ether oxygens (including phenoxy) is 1. The van der Waals surface area contributed by atoms with Crippen LogP contribution in [0.3, 0.4) is 0 Å². The van der Waals surface area contributed by atoms with Crippen LogP contribution in [-0.2, 0) is 0 Å². The van der Waals surface area contributed by atoms with Crippen molar-refractivity contribution >= 4 is 0 Å². The van der Waals surface area contributed by atoms with Crippen LogP contribution in [-0.4, -0.2) is 17.2 Å². The molecule has 16 heavy (non-hydrogen) atoms. The number of halogens is 1. The summed E-state index contributed by atoms with van der Waals surface area (Å²) in [7, 11) is 1.53. The second-order valence-corrected chi connectivity index (χ2v) is 3.31. The fourth-order valence-electron chi connectivity index (χ4n) is 1.43. The Morgan fingerprint density at radius 2 is 1.94 bits per heavy atom. The van der Waals surface area contributed by atoms with Crippen molar-refractivity contribution in [3.05, 3.63) is 42.5 Å². The van der Waals surface area contributed by atoms with Crippen molar-refractivity contribution in [2.24, 2.45) is 0 Å². The average Bonchev–Trinajstić information content (AvgIpc) is 2.28. The predicted molar refractivity (Wildman–Crippen MR) is 57.8 cm³/mol. The molecule has 1 aromatic carbocycles. The van der Waals surface area contributed by atoms with Crippen molar-refractivity contribution in [2.75, 3.05) is 7.11 Å². The molecule has 0 amide bonds. The standard InChI is InChI=1S/C12H10FNO2/c1-16-12-4-9(6-14-7-12)8-2-10(13)5-11(15)3-8/h2-7,15H,1H3. The highest BCUT2D eigenvalue weighted by atomic mass is 19.1. The summed E-state index contributed by atoms with van der Waals surface area (Å²) in [5.74, 6) is -0.0168. The maximum absolute atomic E-state index is 13.1.